The molecule has 1 N–H and O–H groups in total. The molecule has 1 atom stereocenters. The Morgan fingerprint density at radius 2 is 2.17 bits per heavy atom. The van der Waals surface area contributed by atoms with E-state index in [4.69, 9.17) is 4.42 Å². The predicted octanol–water partition coefficient (Wildman–Crippen LogP) is 2.97. The van der Waals surface area contributed by atoms with Crippen LogP contribution in [0.2, 0.25) is 0 Å². The number of nitrogens with one attached hydrogen (secondary N) is 1. The van der Waals surface area contributed by atoms with Gasteiger partial charge in [-0.15, -0.1) is 35.3 Å². The summed E-state index contributed by atoms with van der Waals surface area (Å²) >= 11 is 1.67. The van der Waals surface area contributed by atoms with Gasteiger partial charge in [-0.1, -0.05) is 0 Å². The quantitative estimate of drug-likeness (QED) is 0.406. The van der Waals surface area contributed by atoms with Crippen LogP contribution < -0.4 is 5.32 Å². The number of aryl methyl sites for hydroxylation is 1. The van der Waals surface area contributed by atoms with Crippen molar-refractivity contribution in [2.45, 2.75) is 19.5 Å². The second kappa shape index (κ2) is 10.00. The van der Waals surface area contributed by atoms with Gasteiger partial charge in [-0.25, -0.2) is 4.98 Å². The SMILES string of the molecule is CN=C(NCC(c1ccco1)N(C)C)N(C)Cc1csc(C)n1.I. The van der Waals surface area contributed by atoms with E-state index >= 15 is 0 Å². The van der Waals surface area contributed by atoms with Crippen LogP contribution in [0.15, 0.2) is 33.2 Å². The lowest BCUT2D eigenvalue weighted by Crippen LogP contribution is -2.42. The summed E-state index contributed by atoms with van der Waals surface area (Å²) in [4.78, 5) is 13.1. The van der Waals surface area contributed by atoms with Gasteiger partial charge in [0.15, 0.2) is 5.96 Å². The average Bonchev–Trinajstić information content (AvgIpc) is 3.15. The second-order valence-corrected chi connectivity index (χ2v) is 6.70. The molecule has 2 heterocycles. The fourth-order valence-electron chi connectivity index (χ4n) is 2.39. The molecule has 0 amide bonds. The summed E-state index contributed by atoms with van der Waals surface area (Å²) in [5.41, 5.74) is 1.06. The Morgan fingerprint density at radius 3 is 2.67 bits per heavy atom. The Kier molecular flexibility index (Phi) is 8.71. The van der Waals surface area contributed by atoms with Crippen LogP contribution in [-0.4, -0.2) is 55.5 Å². The molecule has 24 heavy (non-hydrogen) atoms. The normalized spacial score (nSPS) is 12.8. The average molecular weight is 463 g/mol. The zero-order chi connectivity index (χ0) is 16.8. The van der Waals surface area contributed by atoms with Crippen molar-refractivity contribution in [1.82, 2.24) is 20.1 Å². The van der Waals surface area contributed by atoms with E-state index in [1.807, 2.05) is 40.2 Å². The summed E-state index contributed by atoms with van der Waals surface area (Å²) in [5.74, 6) is 1.78. The third-order valence-corrected chi connectivity index (χ3v) is 4.41. The number of thiazole rings is 1. The van der Waals surface area contributed by atoms with Crippen molar-refractivity contribution in [1.29, 1.82) is 0 Å². The zero-order valence-electron chi connectivity index (χ0n) is 14.8. The first-order chi connectivity index (χ1) is 11.0. The molecule has 0 saturated heterocycles. The molecular formula is C16H26IN5OS. The summed E-state index contributed by atoms with van der Waals surface area (Å²) in [6.07, 6.45) is 1.71. The molecule has 0 radical (unpaired) electrons. The van der Waals surface area contributed by atoms with Crippen LogP contribution in [0.4, 0.5) is 0 Å². The van der Waals surface area contributed by atoms with Gasteiger partial charge in [-0.2, -0.15) is 0 Å². The first kappa shape index (κ1) is 20.9. The lowest BCUT2D eigenvalue weighted by molar-refractivity contribution is 0.256. The molecule has 2 rings (SSSR count). The van der Waals surface area contributed by atoms with Crippen LogP contribution in [0.3, 0.4) is 0 Å². The number of halogens is 1. The highest BCUT2D eigenvalue weighted by Gasteiger charge is 2.18. The minimum atomic E-state index is 0. The van der Waals surface area contributed by atoms with Crippen LogP contribution in [0, 0.1) is 6.92 Å². The second-order valence-electron chi connectivity index (χ2n) is 5.64. The number of rotatable bonds is 6. The zero-order valence-corrected chi connectivity index (χ0v) is 18.0. The van der Waals surface area contributed by atoms with Gasteiger partial charge in [0.05, 0.1) is 29.6 Å². The molecule has 0 fully saturated rings. The molecule has 0 aliphatic rings. The minimum Gasteiger partial charge on any atom is -0.468 e. The van der Waals surface area contributed by atoms with Crippen LogP contribution in [0.1, 0.15) is 22.5 Å². The molecule has 1 unspecified atom stereocenters. The Hall–Kier alpha value is -1.13. The van der Waals surface area contributed by atoms with Gasteiger partial charge < -0.3 is 14.6 Å². The lowest BCUT2D eigenvalue weighted by Gasteiger charge is -2.26. The number of hydrogen-bond donors (Lipinski definition) is 1. The Labute approximate surface area is 165 Å². The highest BCUT2D eigenvalue weighted by Crippen LogP contribution is 2.17. The smallest absolute Gasteiger partial charge is 0.193 e. The molecule has 6 nitrogen and oxygen atoms in total. The van der Waals surface area contributed by atoms with Crippen LogP contribution >= 0.6 is 35.3 Å². The number of guanidine groups is 1. The third-order valence-electron chi connectivity index (χ3n) is 3.59. The van der Waals surface area contributed by atoms with Crippen molar-refractivity contribution >= 4 is 41.3 Å². The van der Waals surface area contributed by atoms with Crippen LogP contribution in [-0.2, 0) is 6.54 Å². The molecular weight excluding hydrogens is 437 g/mol. The summed E-state index contributed by atoms with van der Waals surface area (Å²) in [6.45, 7) is 3.47. The highest BCUT2D eigenvalue weighted by atomic mass is 127. The molecule has 0 aliphatic carbocycles. The Bertz CT molecular complexity index is 626. The van der Waals surface area contributed by atoms with E-state index < -0.39 is 0 Å². The van der Waals surface area contributed by atoms with E-state index in [9.17, 15) is 0 Å². The predicted molar refractivity (Wildman–Crippen MR) is 110 cm³/mol. The number of likely N-dealkylation sites (N-methyl/N-ethyl adjacent to an activating group) is 1. The van der Waals surface area contributed by atoms with Gasteiger partial charge in [0.1, 0.15) is 5.76 Å². The number of aliphatic imine (C=N–C) groups is 1. The number of nitrogens with zero attached hydrogens (tertiary/aromatic N) is 4. The molecule has 0 saturated carbocycles. The summed E-state index contributed by atoms with van der Waals surface area (Å²) in [7, 11) is 7.89. The minimum absolute atomic E-state index is 0. The summed E-state index contributed by atoms with van der Waals surface area (Å²) in [6, 6.07) is 4.06. The van der Waals surface area contributed by atoms with Crippen molar-refractivity contribution in [2.75, 3.05) is 34.7 Å². The topological polar surface area (TPSA) is 56.9 Å². The maximum absolute atomic E-state index is 5.54. The number of hydrogen-bond acceptors (Lipinski definition) is 5. The maximum atomic E-state index is 5.54. The highest BCUT2D eigenvalue weighted by molar-refractivity contribution is 14.0. The van der Waals surface area contributed by atoms with Crippen molar-refractivity contribution in [3.63, 3.8) is 0 Å². The number of aromatic nitrogens is 1. The summed E-state index contributed by atoms with van der Waals surface area (Å²) in [5, 5.41) is 6.59. The number of furan rings is 1. The van der Waals surface area contributed by atoms with Gasteiger partial charge in [0.25, 0.3) is 0 Å². The van der Waals surface area contributed by atoms with E-state index in [1.54, 1.807) is 24.6 Å². The first-order valence-corrected chi connectivity index (χ1v) is 8.42. The molecule has 134 valence electrons. The largest absolute Gasteiger partial charge is 0.468 e. The fourth-order valence-corrected chi connectivity index (χ4v) is 2.99. The molecule has 2 aromatic heterocycles. The molecule has 8 heteroatoms. The Balaban J connectivity index is 0.00000288. The Morgan fingerprint density at radius 1 is 1.42 bits per heavy atom. The van der Waals surface area contributed by atoms with Crippen molar-refractivity contribution in [2.24, 2.45) is 4.99 Å². The van der Waals surface area contributed by atoms with Crippen molar-refractivity contribution in [3.05, 3.63) is 40.2 Å². The van der Waals surface area contributed by atoms with E-state index in [1.165, 1.54) is 0 Å². The maximum Gasteiger partial charge on any atom is 0.193 e. The van der Waals surface area contributed by atoms with E-state index in [-0.39, 0.29) is 30.0 Å². The van der Waals surface area contributed by atoms with Gasteiger partial charge in [-0.3, -0.25) is 9.89 Å². The third kappa shape index (κ3) is 5.75. The van der Waals surface area contributed by atoms with Crippen molar-refractivity contribution in [3.8, 4) is 0 Å². The van der Waals surface area contributed by atoms with Crippen LogP contribution in [0.25, 0.3) is 0 Å². The standard InChI is InChI=1S/C16H25N5OS.HI/c1-12-19-13(11-23-12)10-21(5)16(17-2)18-9-14(20(3)4)15-7-6-8-22-15;/h6-8,11,14H,9-10H2,1-5H3,(H,17,18);1H. The monoisotopic (exact) mass is 463 g/mol. The van der Waals surface area contributed by atoms with Gasteiger partial charge in [-0.05, 0) is 33.2 Å². The van der Waals surface area contributed by atoms with Gasteiger partial charge in [0.2, 0.25) is 0 Å². The van der Waals surface area contributed by atoms with E-state index in [2.05, 4.69) is 30.5 Å². The molecule has 0 spiro atoms. The van der Waals surface area contributed by atoms with Gasteiger partial charge >= 0.3 is 0 Å². The fraction of sp³-hybridized carbons (Fsp3) is 0.500. The molecule has 2 aromatic rings. The van der Waals surface area contributed by atoms with Gasteiger partial charge in [0, 0.05) is 26.0 Å². The molecule has 0 bridgehead atoms. The van der Waals surface area contributed by atoms with E-state index in [0.717, 1.165) is 29.0 Å². The lowest BCUT2D eigenvalue weighted by atomic mass is 10.2. The molecule has 0 aromatic carbocycles. The summed E-state index contributed by atoms with van der Waals surface area (Å²) < 4.78 is 5.54. The van der Waals surface area contributed by atoms with Crippen molar-refractivity contribution < 1.29 is 4.42 Å². The van der Waals surface area contributed by atoms with Crippen LogP contribution in [0.5, 0.6) is 0 Å². The van der Waals surface area contributed by atoms with E-state index in [0.29, 0.717) is 6.54 Å². The first-order valence-electron chi connectivity index (χ1n) is 7.54. The molecule has 0 aliphatic heterocycles.